The molecule has 1 fully saturated rings. The van der Waals surface area contributed by atoms with E-state index in [1.54, 1.807) is 0 Å². The minimum Gasteiger partial charge on any atom is -0.488 e. The van der Waals surface area contributed by atoms with Crippen LogP contribution in [0.3, 0.4) is 0 Å². The first kappa shape index (κ1) is 20.8. The summed E-state index contributed by atoms with van der Waals surface area (Å²) in [6.07, 6.45) is -0.880. The van der Waals surface area contributed by atoms with Crippen LogP contribution in [-0.2, 0) is 0 Å². The van der Waals surface area contributed by atoms with Gasteiger partial charge in [0.05, 0.1) is 0 Å². The van der Waals surface area contributed by atoms with Crippen molar-refractivity contribution in [1.82, 2.24) is 4.90 Å². The highest BCUT2D eigenvalue weighted by Crippen LogP contribution is 2.25. The molecule has 0 bridgehead atoms. The van der Waals surface area contributed by atoms with Gasteiger partial charge in [0.1, 0.15) is 12.7 Å². The van der Waals surface area contributed by atoms with Crippen LogP contribution in [0.15, 0.2) is 30.3 Å². The number of rotatable bonds is 6. The van der Waals surface area contributed by atoms with E-state index >= 15 is 0 Å². The molecule has 1 saturated heterocycles. The molecule has 28 heavy (non-hydrogen) atoms. The van der Waals surface area contributed by atoms with Gasteiger partial charge in [-0.3, -0.25) is 4.90 Å². The van der Waals surface area contributed by atoms with Crippen molar-refractivity contribution in [3.8, 4) is 5.75 Å². The number of nitrogens with zero attached hydrogens (tertiary/aromatic N) is 2. The minimum atomic E-state index is -1.23. The van der Waals surface area contributed by atoms with E-state index < -0.39 is 34.9 Å². The highest BCUT2D eigenvalue weighted by Gasteiger charge is 2.21. The largest absolute Gasteiger partial charge is 0.488 e. The van der Waals surface area contributed by atoms with Gasteiger partial charge < -0.3 is 14.7 Å². The molecule has 4 nitrogen and oxygen atoms in total. The average molecular weight is 415 g/mol. The first-order valence-corrected chi connectivity index (χ1v) is 9.40. The van der Waals surface area contributed by atoms with Crippen LogP contribution >= 0.6 is 11.6 Å². The van der Waals surface area contributed by atoms with Crippen molar-refractivity contribution < 1.29 is 23.0 Å². The second kappa shape index (κ2) is 9.03. The number of halogens is 4. The highest BCUT2D eigenvalue weighted by atomic mass is 35.5. The van der Waals surface area contributed by atoms with Gasteiger partial charge in [0.15, 0.2) is 23.2 Å². The van der Waals surface area contributed by atoms with E-state index in [1.165, 1.54) is 0 Å². The summed E-state index contributed by atoms with van der Waals surface area (Å²) < 4.78 is 45.8. The standard InChI is InChI=1S/C20H22ClF3N2O2/c1-13-19(23)17(22)10-18(20(13)24)28-12-16(27)11-25-6-8-26(9-7-25)15-4-2-14(21)3-5-15/h2-5,10,16,27H,6-9,11-12H2,1H3. The Morgan fingerprint density at radius 2 is 1.71 bits per heavy atom. The number of piperazine rings is 1. The summed E-state index contributed by atoms with van der Waals surface area (Å²) in [5, 5.41) is 10.9. The van der Waals surface area contributed by atoms with Crippen molar-refractivity contribution >= 4 is 17.3 Å². The number of hydrogen-bond acceptors (Lipinski definition) is 4. The van der Waals surface area contributed by atoms with Crippen molar-refractivity contribution in [2.75, 3.05) is 44.2 Å². The maximum atomic E-state index is 13.9. The number of anilines is 1. The molecule has 1 unspecified atom stereocenters. The topological polar surface area (TPSA) is 35.9 Å². The van der Waals surface area contributed by atoms with Crippen LogP contribution in [0.1, 0.15) is 5.56 Å². The third-order valence-electron chi connectivity index (χ3n) is 4.81. The number of aliphatic hydroxyl groups excluding tert-OH is 1. The first-order valence-electron chi connectivity index (χ1n) is 9.03. The van der Waals surface area contributed by atoms with Crippen LogP contribution < -0.4 is 9.64 Å². The second-order valence-electron chi connectivity index (χ2n) is 6.84. The van der Waals surface area contributed by atoms with Crippen LogP contribution in [0.4, 0.5) is 18.9 Å². The molecule has 0 radical (unpaired) electrons. The molecule has 0 saturated carbocycles. The molecule has 0 spiro atoms. The molecular formula is C20H22ClF3N2O2. The lowest BCUT2D eigenvalue weighted by Crippen LogP contribution is -2.49. The summed E-state index contributed by atoms with van der Waals surface area (Å²) in [4.78, 5) is 4.31. The number of β-amino-alcohol motifs (C(OH)–C–C–N with tert-alkyl or cyclic N) is 1. The molecule has 8 heteroatoms. The molecule has 1 heterocycles. The molecule has 152 valence electrons. The minimum absolute atomic E-state index is 0.209. The number of hydrogen-bond donors (Lipinski definition) is 1. The fourth-order valence-corrected chi connectivity index (χ4v) is 3.31. The Hall–Kier alpha value is -1.96. The van der Waals surface area contributed by atoms with E-state index in [-0.39, 0.29) is 6.61 Å². The van der Waals surface area contributed by atoms with Crippen molar-refractivity contribution in [3.63, 3.8) is 0 Å². The van der Waals surface area contributed by atoms with Crippen molar-refractivity contribution in [1.29, 1.82) is 0 Å². The number of ether oxygens (including phenoxy) is 1. The molecule has 3 rings (SSSR count). The quantitative estimate of drug-likeness (QED) is 0.732. The van der Waals surface area contributed by atoms with Crippen molar-refractivity contribution in [2.45, 2.75) is 13.0 Å². The zero-order chi connectivity index (χ0) is 20.3. The third kappa shape index (κ3) is 4.90. The SMILES string of the molecule is Cc1c(F)c(F)cc(OCC(O)CN2CCN(c3ccc(Cl)cc3)CC2)c1F. The average Bonchev–Trinajstić information content (AvgIpc) is 2.69. The summed E-state index contributed by atoms with van der Waals surface area (Å²) in [6, 6.07) is 8.31. The molecule has 1 aliphatic heterocycles. The first-order chi connectivity index (χ1) is 13.3. The predicted octanol–water partition coefficient (Wildman–Crippen LogP) is 3.63. The Balaban J connectivity index is 1.47. The van der Waals surface area contributed by atoms with E-state index in [4.69, 9.17) is 16.3 Å². The lowest BCUT2D eigenvalue weighted by atomic mass is 10.2. The fourth-order valence-electron chi connectivity index (χ4n) is 3.18. The zero-order valence-electron chi connectivity index (χ0n) is 15.5. The molecular weight excluding hydrogens is 393 g/mol. The number of aliphatic hydroxyl groups is 1. The van der Waals surface area contributed by atoms with Crippen molar-refractivity contribution in [2.24, 2.45) is 0 Å². The Kier molecular flexibility index (Phi) is 6.69. The molecule has 1 atom stereocenters. The maximum Gasteiger partial charge on any atom is 0.171 e. The molecule has 2 aromatic carbocycles. The Bertz CT molecular complexity index is 812. The van der Waals surface area contributed by atoms with Crippen LogP contribution in [-0.4, -0.2) is 55.4 Å². The normalized spacial score (nSPS) is 16.3. The van der Waals surface area contributed by atoms with Crippen LogP contribution in [0.2, 0.25) is 5.02 Å². The monoisotopic (exact) mass is 414 g/mol. The summed E-state index contributed by atoms with van der Waals surface area (Å²) in [5.41, 5.74) is 0.653. The molecule has 1 N–H and O–H groups in total. The fraction of sp³-hybridized carbons (Fsp3) is 0.400. The van der Waals surface area contributed by atoms with E-state index in [0.29, 0.717) is 17.6 Å². The van der Waals surface area contributed by atoms with E-state index in [1.807, 2.05) is 24.3 Å². The molecule has 2 aromatic rings. The lowest BCUT2D eigenvalue weighted by Gasteiger charge is -2.36. The molecule has 1 aliphatic rings. The number of benzene rings is 2. The van der Waals surface area contributed by atoms with Gasteiger partial charge in [-0.2, -0.15) is 0 Å². The van der Waals surface area contributed by atoms with Gasteiger partial charge in [0, 0.05) is 55.1 Å². The molecule has 0 amide bonds. The van der Waals surface area contributed by atoms with Crippen molar-refractivity contribution in [3.05, 3.63) is 58.4 Å². The van der Waals surface area contributed by atoms with Gasteiger partial charge in [-0.15, -0.1) is 0 Å². The van der Waals surface area contributed by atoms with Gasteiger partial charge >= 0.3 is 0 Å². The summed E-state index contributed by atoms with van der Waals surface area (Å²) in [5.74, 6) is -3.77. The molecule has 0 aliphatic carbocycles. The summed E-state index contributed by atoms with van der Waals surface area (Å²) in [6.45, 7) is 4.36. The van der Waals surface area contributed by atoms with Gasteiger partial charge in [0.2, 0.25) is 0 Å². The Morgan fingerprint density at radius 1 is 1.07 bits per heavy atom. The van der Waals surface area contributed by atoms with Crippen LogP contribution in [0, 0.1) is 24.4 Å². The predicted molar refractivity (Wildman–Crippen MR) is 103 cm³/mol. The van der Waals surface area contributed by atoms with Crippen LogP contribution in [0.5, 0.6) is 5.75 Å². The van der Waals surface area contributed by atoms with Crippen LogP contribution in [0.25, 0.3) is 0 Å². The van der Waals surface area contributed by atoms with E-state index in [0.717, 1.165) is 38.8 Å². The summed E-state index contributed by atoms with van der Waals surface area (Å²) >= 11 is 5.91. The second-order valence-corrected chi connectivity index (χ2v) is 7.27. The maximum absolute atomic E-state index is 13.9. The third-order valence-corrected chi connectivity index (χ3v) is 5.06. The van der Waals surface area contributed by atoms with Gasteiger partial charge in [-0.25, -0.2) is 13.2 Å². The van der Waals surface area contributed by atoms with Gasteiger partial charge in [-0.1, -0.05) is 11.6 Å². The Labute approximate surface area is 167 Å². The zero-order valence-corrected chi connectivity index (χ0v) is 16.2. The molecule has 0 aromatic heterocycles. The van der Waals surface area contributed by atoms with E-state index in [2.05, 4.69) is 9.80 Å². The van der Waals surface area contributed by atoms with Gasteiger partial charge in [-0.05, 0) is 31.2 Å². The van der Waals surface area contributed by atoms with Gasteiger partial charge in [0.25, 0.3) is 0 Å². The lowest BCUT2D eigenvalue weighted by molar-refractivity contribution is 0.0647. The highest BCUT2D eigenvalue weighted by molar-refractivity contribution is 6.30. The van der Waals surface area contributed by atoms with E-state index in [9.17, 15) is 18.3 Å². The smallest absolute Gasteiger partial charge is 0.171 e. The Morgan fingerprint density at radius 3 is 2.36 bits per heavy atom. The summed E-state index contributed by atoms with van der Waals surface area (Å²) in [7, 11) is 0.